The smallest absolute Gasteiger partial charge is 0.173 e. The molecule has 0 saturated heterocycles. The first-order valence-corrected chi connectivity index (χ1v) is 8.40. The normalized spacial score (nSPS) is 39.9. The molecule has 3 heteroatoms. The summed E-state index contributed by atoms with van der Waals surface area (Å²) in [6.45, 7) is 2.01. The molecule has 5 atom stereocenters. The van der Waals surface area contributed by atoms with Crippen LogP contribution < -0.4 is 4.74 Å². The highest BCUT2D eigenvalue weighted by atomic mass is 19.1. The van der Waals surface area contributed by atoms with Crippen LogP contribution in [0.1, 0.15) is 49.7 Å². The van der Waals surface area contributed by atoms with Crippen molar-refractivity contribution in [2.75, 3.05) is 7.11 Å². The average Bonchev–Trinajstić information content (AvgIpc) is 2.77. The summed E-state index contributed by atoms with van der Waals surface area (Å²) in [5, 5.41) is 0. The summed E-state index contributed by atoms with van der Waals surface area (Å²) in [5.74, 6) is 1.97. The average molecular weight is 302 g/mol. The van der Waals surface area contributed by atoms with Crippen molar-refractivity contribution in [3.05, 3.63) is 29.3 Å². The van der Waals surface area contributed by atoms with E-state index in [4.69, 9.17) is 4.74 Å². The van der Waals surface area contributed by atoms with Crippen molar-refractivity contribution in [1.29, 1.82) is 0 Å². The zero-order valence-corrected chi connectivity index (χ0v) is 13.3. The zero-order chi connectivity index (χ0) is 15.5. The van der Waals surface area contributed by atoms with Crippen LogP contribution in [-0.2, 0) is 11.2 Å². The van der Waals surface area contributed by atoms with Gasteiger partial charge in [0, 0.05) is 5.41 Å². The predicted molar refractivity (Wildman–Crippen MR) is 82.9 cm³/mol. The van der Waals surface area contributed by atoms with Gasteiger partial charge in [-0.2, -0.15) is 0 Å². The Balaban J connectivity index is 1.70. The SMILES string of the molecule is COc1ccc2c(c1)CC[C@@H]1[C@@H]2CC[C@]2(C)C(=O)C(F)C[C@@H]12. The highest BCUT2D eigenvalue weighted by Gasteiger charge is 2.58. The highest BCUT2D eigenvalue weighted by Crippen LogP contribution is 2.60. The summed E-state index contributed by atoms with van der Waals surface area (Å²) < 4.78 is 19.4. The molecule has 0 radical (unpaired) electrons. The number of aryl methyl sites for hydroxylation is 1. The van der Waals surface area contributed by atoms with Crippen LogP contribution in [0.25, 0.3) is 0 Å². The fraction of sp³-hybridized carbons (Fsp3) is 0.632. The van der Waals surface area contributed by atoms with Gasteiger partial charge in [-0.05, 0) is 73.1 Å². The number of hydrogen-bond donors (Lipinski definition) is 0. The molecule has 1 unspecified atom stereocenters. The van der Waals surface area contributed by atoms with E-state index in [0.717, 1.165) is 31.4 Å². The summed E-state index contributed by atoms with van der Waals surface area (Å²) in [6, 6.07) is 6.38. The van der Waals surface area contributed by atoms with Crippen LogP contribution in [0, 0.1) is 17.3 Å². The minimum absolute atomic E-state index is 0.128. The first kappa shape index (κ1) is 14.2. The number of methoxy groups -OCH3 is 1. The van der Waals surface area contributed by atoms with Gasteiger partial charge in [-0.1, -0.05) is 13.0 Å². The van der Waals surface area contributed by atoms with Crippen molar-refractivity contribution in [2.45, 2.75) is 51.1 Å². The predicted octanol–water partition coefficient (Wildman–Crippen LogP) is 4.07. The van der Waals surface area contributed by atoms with Crippen LogP contribution in [0.3, 0.4) is 0 Å². The molecule has 2 nitrogen and oxygen atoms in total. The van der Waals surface area contributed by atoms with Gasteiger partial charge in [-0.3, -0.25) is 4.79 Å². The second-order valence-electron chi connectivity index (χ2n) is 7.50. The maximum atomic E-state index is 14.1. The lowest BCUT2D eigenvalue weighted by Gasteiger charge is -2.48. The number of halogens is 1. The van der Waals surface area contributed by atoms with E-state index in [-0.39, 0.29) is 11.7 Å². The Hall–Kier alpha value is -1.38. The Morgan fingerprint density at radius 2 is 2.14 bits per heavy atom. The molecule has 0 aromatic heterocycles. The minimum Gasteiger partial charge on any atom is -0.497 e. The molecule has 3 aliphatic rings. The standard InChI is InChI=1S/C19H23FO2/c1-19-8-7-14-13-6-4-12(22-2)9-11(13)3-5-15(14)16(19)10-17(20)18(19)21/h4,6,9,14-17H,3,5,7-8,10H2,1-2H3/t14-,15-,16+,17?,19+/m1/s1. The topological polar surface area (TPSA) is 26.3 Å². The van der Waals surface area contributed by atoms with Gasteiger partial charge in [-0.15, -0.1) is 0 Å². The van der Waals surface area contributed by atoms with E-state index in [1.807, 2.05) is 13.0 Å². The van der Waals surface area contributed by atoms with Gasteiger partial charge in [0.15, 0.2) is 12.0 Å². The highest BCUT2D eigenvalue weighted by molar-refractivity contribution is 5.91. The molecular weight excluding hydrogens is 279 g/mol. The molecule has 2 fully saturated rings. The third-order valence-corrected chi connectivity index (χ3v) is 6.63. The van der Waals surface area contributed by atoms with Gasteiger partial charge in [0.25, 0.3) is 0 Å². The molecule has 0 bridgehead atoms. The summed E-state index contributed by atoms with van der Waals surface area (Å²) in [6.07, 6.45) is 3.16. The van der Waals surface area contributed by atoms with Crippen LogP contribution >= 0.6 is 0 Å². The fourth-order valence-corrected chi connectivity index (χ4v) is 5.43. The van der Waals surface area contributed by atoms with Crippen LogP contribution in [0.15, 0.2) is 18.2 Å². The molecule has 4 rings (SSSR count). The number of benzene rings is 1. The van der Waals surface area contributed by atoms with E-state index in [1.54, 1.807) is 7.11 Å². The molecule has 3 aliphatic carbocycles. The molecule has 0 spiro atoms. The van der Waals surface area contributed by atoms with E-state index < -0.39 is 11.6 Å². The monoisotopic (exact) mass is 302 g/mol. The molecule has 1 aromatic carbocycles. The van der Waals surface area contributed by atoms with Gasteiger partial charge in [-0.25, -0.2) is 4.39 Å². The molecule has 2 saturated carbocycles. The largest absolute Gasteiger partial charge is 0.497 e. The number of carbonyl (C=O) groups excluding carboxylic acids is 1. The van der Waals surface area contributed by atoms with Crippen LogP contribution in [0.2, 0.25) is 0 Å². The molecule has 0 heterocycles. The number of hydrogen-bond acceptors (Lipinski definition) is 2. The third-order valence-electron chi connectivity index (χ3n) is 6.63. The molecule has 0 amide bonds. The number of Topliss-reactive ketones (excluding diaryl/α,β-unsaturated/α-hetero) is 1. The second-order valence-corrected chi connectivity index (χ2v) is 7.50. The van der Waals surface area contributed by atoms with Crippen molar-refractivity contribution in [2.24, 2.45) is 17.3 Å². The van der Waals surface area contributed by atoms with Crippen LogP contribution in [0.4, 0.5) is 4.39 Å². The van der Waals surface area contributed by atoms with Crippen molar-refractivity contribution in [3.63, 3.8) is 0 Å². The number of carbonyl (C=O) groups is 1. The van der Waals surface area contributed by atoms with E-state index in [1.165, 1.54) is 11.1 Å². The van der Waals surface area contributed by atoms with Gasteiger partial charge < -0.3 is 4.74 Å². The van der Waals surface area contributed by atoms with E-state index in [0.29, 0.717) is 18.3 Å². The van der Waals surface area contributed by atoms with Crippen molar-refractivity contribution in [1.82, 2.24) is 0 Å². The summed E-state index contributed by atoms with van der Waals surface area (Å²) >= 11 is 0. The van der Waals surface area contributed by atoms with Crippen molar-refractivity contribution in [3.8, 4) is 5.75 Å². The lowest BCUT2D eigenvalue weighted by molar-refractivity contribution is -0.132. The quantitative estimate of drug-likeness (QED) is 0.781. The zero-order valence-electron chi connectivity index (χ0n) is 13.3. The van der Waals surface area contributed by atoms with E-state index in [2.05, 4.69) is 12.1 Å². The molecule has 0 aliphatic heterocycles. The maximum Gasteiger partial charge on any atom is 0.173 e. The second kappa shape index (κ2) is 4.81. The molecular formula is C19H23FO2. The summed E-state index contributed by atoms with van der Waals surface area (Å²) in [4.78, 5) is 12.3. The van der Waals surface area contributed by atoms with E-state index >= 15 is 0 Å². The Morgan fingerprint density at radius 3 is 2.91 bits per heavy atom. The van der Waals surface area contributed by atoms with Gasteiger partial charge in [0.05, 0.1) is 7.11 Å². The van der Waals surface area contributed by atoms with E-state index in [9.17, 15) is 9.18 Å². The number of rotatable bonds is 1. The van der Waals surface area contributed by atoms with Crippen molar-refractivity contribution < 1.29 is 13.9 Å². The van der Waals surface area contributed by atoms with Gasteiger partial charge in [0.1, 0.15) is 5.75 Å². The number of ketones is 1. The van der Waals surface area contributed by atoms with Gasteiger partial charge >= 0.3 is 0 Å². The third kappa shape index (κ3) is 1.80. The fourth-order valence-electron chi connectivity index (χ4n) is 5.43. The molecule has 0 N–H and O–H groups in total. The lowest BCUT2D eigenvalue weighted by Crippen LogP contribution is -2.42. The molecule has 22 heavy (non-hydrogen) atoms. The first-order chi connectivity index (χ1) is 10.5. The Bertz CT molecular complexity index is 626. The van der Waals surface area contributed by atoms with Crippen LogP contribution in [0.5, 0.6) is 5.75 Å². The maximum absolute atomic E-state index is 14.1. The number of alkyl halides is 1. The van der Waals surface area contributed by atoms with Crippen molar-refractivity contribution >= 4 is 5.78 Å². The first-order valence-electron chi connectivity index (χ1n) is 8.40. The van der Waals surface area contributed by atoms with Crippen LogP contribution in [-0.4, -0.2) is 19.1 Å². The number of fused-ring (bicyclic) bond motifs is 5. The Labute approximate surface area is 131 Å². The summed E-state index contributed by atoms with van der Waals surface area (Å²) in [7, 11) is 1.70. The Kier molecular flexibility index (Phi) is 3.11. The molecule has 1 aromatic rings. The number of ether oxygens (including phenoxy) is 1. The Morgan fingerprint density at radius 1 is 1.32 bits per heavy atom. The molecule has 118 valence electrons. The summed E-state index contributed by atoms with van der Waals surface area (Å²) in [5.41, 5.74) is 2.38. The minimum atomic E-state index is -1.23. The lowest BCUT2D eigenvalue weighted by atomic mass is 9.55. The van der Waals surface area contributed by atoms with Gasteiger partial charge in [0.2, 0.25) is 0 Å².